The maximum Gasteiger partial charge on any atom is 0.135 e. The number of hydrogen-bond acceptors (Lipinski definition) is 4. The lowest BCUT2D eigenvalue weighted by molar-refractivity contribution is 0.740. The summed E-state index contributed by atoms with van der Waals surface area (Å²) in [7, 11) is 0. The fourth-order valence-electron chi connectivity index (χ4n) is 1.16. The SMILES string of the molecule is CSC(C)(C)CNc1cc(Cl)nc(C(C)C)n1. The topological polar surface area (TPSA) is 37.8 Å². The first-order valence-electron chi connectivity index (χ1n) is 5.67. The van der Waals surface area contributed by atoms with Gasteiger partial charge in [0, 0.05) is 23.3 Å². The Morgan fingerprint density at radius 2 is 2.06 bits per heavy atom. The Hall–Kier alpha value is -0.480. The predicted molar refractivity (Wildman–Crippen MR) is 77.2 cm³/mol. The smallest absolute Gasteiger partial charge is 0.135 e. The van der Waals surface area contributed by atoms with Crippen LogP contribution < -0.4 is 5.32 Å². The van der Waals surface area contributed by atoms with Crippen molar-refractivity contribution in [1.82, 2.24) is 9.97 Å². The van der Waals surface area contributed by atoms with Crippen LogP contribution in [0.3, 0.4) is 0 Å². The highest BCUT2D eigenvalue weighted by Gasteiger charge is 2.16. The summed E-state index contributed by atoms with van der Waals surface area (Å²) in [6, 6.07) is 1.77. The first kappa shape index (κ1) is 14.6. The molecule has 5 heteroatoms. The van der Waals surface area contributed by atoms with Gasteiger partial charge in [-0.1, -0.05) is 25.4 Å². The number of nitrogens with zero attached hydrogens (tertiary/aromatic N) is 2. The molecule has 3 nitrogen and oxygen atoms in total. The minimum Gasteiger partial charge on any atom is -0.369 e. The average Bonchev–Trinajstić information content (AvgIpc) is 2.26. The molecule has 0 unspecified atom stereocenters. The summed E-state index contributed by atoms with van der Waals surface area (Å²) in [4.78, 5) is 8.66. The van der Waals surface area contributed by atoms with Crippen LogP contribution in [0.25, 0.3) is 0 Å². The van der Waals surface area contributed by atoms with Crippen molar-refractivity contribution in [2.45, 2.75) is 38.4 Å². The number of hydrogen-bond donors (Lipinski definition) is 1. The highest BCUT2D eigenvalue weighted by atomic mass is 35.5. The summed E-state index contributed by atoms with van der Waals surface area (Å²) in [5, 5.41) is 3.81. The molecule has 17 heavy (non-hydrogen) atoms. The third kappa shape index (κ3) is 4.72. The third-order valence-corrected chi connectivity index (χ3v) is 3.92. The van der Waals surface area contributed by atoms with Gasteiger partial charge in [-0.3, -0.25) is 0 Å². The molecule has 0 saturated carbocycles. The molecule has 0 atom stereocenters. The van der Waals surface area contributed by atoms with E-state index in [1.54, 1.807) is 6.07 Å². The van der Waals surface area contributed by atoms with Gasteiger partial charge in [-0.25, -0.2) is 9.97 Å². The molecule has 0 radical (unpaired) electrons. The van der Waals surface area contributed by atoms with Gasteiger partial charge in [0.2, 0.25) is 0 Å². The Kier molecular flexibility index (Phi) is 5.07. The Morgan fingerprint density at radius 1 is 1.41 bits per heavy atom. The van der Waals surface area contributed by atoms with E-state index >= 15 is 0 Å². The van der Waals surface area contributed by atoms with E-state index in [-0.39, 0.29) is 10.7 Å². The summed E-state index contributed by atoms with van der Waals surface area (Å²) in [6.07, 6.45) is 2.11. The van der Waals surface area contributed by atoms with Crippen molar-refractivity contribution in [1.29, 1.82) is 0 Å². The maximum atomic E-state index is 5.98. The number of nitrogens with one attached hydrogen (secondary N) is 1. The van der Waals surface area contributed by atoms with E-state index in [4.69, 9.17) is 11.6 Å². The molecule has 0 aliphatic rings. The zero-order chi connectivity index (χ0) is 13.1. The molecular weight excluding hydrogens is 254 g/mol. The summed E-state index contributed by atoms with van der Waals surface area (Å²) < 4.78 is 0.176. The molecule has 0 saturated heterocycles. The van der Waals surface area contributed by atoms with Gasteiger partial charge in [0.15, 0.2) is 0 Å². The molecule has 0 spiro atoms. The minimum absolute atomic E-state index is 0.176. The second-order valence-corrected chi connectivity index (χ2v) is 6.81. The Morgan fingerprint density at radius 3 is 2.59 bits per heavy atom. The first-order valence-corrected chi connectivity index (χ1v) is 7.28. The van der Waals surface area contributed by atoms with Crippen molar-refractivity contribution in [3.05, 3.63) is 17.0 Å². The minimum atomic E-state index is 0.176. The number of rotatable bonds is 5. The van der Waals surface area contributed by atoms with Gasteiger partial charge in [-0.15, -0.1) is 0 Å². The van der Waals surface area contributed by atoms with Crippen LogP contribution in [0, 0.1) is 0 Å². The second kappa shape index (κ2) is 5.91. The van der Waals surface area contributed by atoms with Gasteiger partial charge >= 0.3 is 0 Å². The largest absolute Gasteiger partial charge is 0.369 e. The quantitative estimate of drug-likeness (QED) is 0.828. The molecule has 1 heterocycles. The van der Waals surface area contributed by atoms with E-state index in [2.05, 4.69) is 49.2 Å². The summed E-state index contributed by atoms with van der Waals surface area (Å²) >= 11 is 7.80. The molecule has 1 aromatic heterocycles. The molecule has 1 rings (SSSR count). The standard InChI is InChI=1S/C12H20ClN3S/c1-8(2)11-15-9(13)6-10(16-11)14-7-12(3,4)17-5/h6,8H,7H2,1-5H3,(H,14,15,16). The van der Waals surface area contributed by atoms with E-state index in [0.29, 0.717) is 5.15 Å². The summed E-state index contributed by atoms with van der Waals surface area (Å²) in [5.41, 5.74) is 0. The van der Waals surface area contributed by atoms with E-state index in [9.17, 15) is 0 Å². The second-order valence-electron chi connectivity index (χ2n) is 4.91. The lowest BCUT2D eigenvalue weighted by atomic mass is 10.2. The van der Waals surface area contributed by atoms with Gasteiger partial charge < -0.3 is 5.32 Å². The molecule has 0 aliphatic carbocycles. The van der Waals surface area contributed by atoms with Gasteiger partial charge in [-0.2, -0.15) is 11.8 Å². The van der Waals surface area contributed by atoms with Crippen molar-refractivity contribution in [3.63, 3.8) is 0 Å². The van der Waals surface area contributed by atoms with E-state index < -0.39 is 0 Å². The zero-order valence-corrected chi connectivity index (χ0v) is 12.6. The lowest BCUT2D eigenvalue weighted by Gasteiger charge is -2.22. The highest BCUT2D eigenvalue weighted by Crippen LogP contribution is 2.22. The monoisotopic (exact) mass is 273 g/mol. The van der Waals surface area contributed by atoms with Gasteiger partial charge in [0.1, 0.15) is 16.8 Å². The number of aromatic nitrogens is 2. The van der Waals surface area contributed by atoms with Crippen LogP contribution in [0.2, 0.25) is 5.15 Å². The summed E-state index contributed by atoms with van der Waals surface area (Å²) in [6.45, 7) is 9.34. The van der Waals surface area contributed by atoms with Gasteiger partial charge in [0.05, 0.1) is 0 Å². The number of thioether (sulfide) groups is 1. The first-order chi connectivity index (χ1) is 7.84. The molecule has 1 N–H and O–H groups in total. The Labute approximate surface area is 113 Å². The van der Waals surface area contributed by atoms with Crippen molar-refractivity contribution >= 4 is 29.2 Å². The van der Waals surface area contributed by atoms with Crippen LogP contribution in [0.1, 0.15) is 39.4 Å². The molecule has 0 aromatic carbocycles. The Bertz CT molecular complexity index is 380. The molecule has 0 fully saturated rings. The fraction of sp³-hybridized carbons (Fsp3) is 0.667. The molecule has 96 valence electrons. The van der Waals surface area contributed by atoms with Crippen molar-refractivity contribution < 1.29 is 0 Å². The highest BCUT2D eigenvalue weighted by molar-refractivity contribution is 7.99. The zero-order valence-electron chi connectivity index (χ0n) is 11.0. The number of halogens is 1. The molecule has 0 bridgehead atoms. The van der Waals surface area contributed by atoms with E-state index in [1.165, 1.54) is 0 Å². The fourth-order valence-corrected chi connectivity index (χ4v) is 1.57. The van der Waals surface area contributed by atoms with Crippen LogP contribution in [-0.2, 0) is 0 Å². The van der Waals surface area contributed by atoms with Crippen molar-refractivity contribution in [3.8, 4) is 0 Å². The predicted octanol–water partition coefficient (Wildman–Crippen LogP) is 3.81. The number of anilines is 1. The van der Waals surface area contributed by atoms with Crippen LogP contribution in [0.4, 0.5) is 5.82 Å². The summed E-state index contributed by atoms with van der Waals surface area (Å²) in [5.74, 6) is 1.86. The average molecular weight is 274 g/mol. The van der Waals surface area contributed by atoms with Crippen molar-refractivity contribution in [2.75, 3.05) is 18.1 Å². The molecular formula is C12H20ClN3S. The van der Waals surface area contributed by atoms with Crippen LogP contribution >= 0.6 is 23.4 Å². The van der Waals surface area contributed by atoms with Crippen LogP contribution in [-0.4, -0.2) is 27.5 Å². The van der Waals surface area contributed by atoms with Crippen molar-refractivity contribution in [2.24, 2.45) is 0 Å². The maximum absolute atomic E-state index is 5.98. The van der Waals surface area contributed by atoms with Crippen LogP contribution in [0.5, 0.6) is 0 Å². The normalized spacial score (nSPS) is 11.9. The Balaban J connectivity index is 2.78. The third-order valence-electron chi connectivity index (χ3n) is 2.48. The van der Waals surface area contributed by atoms with Crippen LogP contribution in [0.15, 0.2) is 6.07 Å². The molecule has 0 amide bonds. The van der Waals surface area contributed by atoms with E-state index in [1.807, 2.05) is 11.8 Å². The molecule has 1 aromatic rings. The van der Waals surface area contributed by atoms with Gasteiger partial charge in [0.25, 0.3) is 0 Å². The van der Waals surface area contributed by atoms with Gasteiger partial charge in [-0.05, 0) is 20.1 Å². The lowest BCUT2D eigenvalue weighted by Crippen LogP contribution is -2.26. The molecule has 0 aliphatic heterocycles. The van der Waals surface area contributed by atoms with E-state index in [0.717, 1.165) is 18.2 Å².